The summed E-state index contributed by atoms with van der Waals surface area (Å²) < 4.78 is 11.4. The minimum absolute atomic E-state index is 0.448. The van der Waals surface area contributed by atoms with Crippen LogP contribution in [0.2, 0.25) is 0 Å². The molecule has 6 nitrogen and oxygen atoms in total. The number of hydrogen-bond acceptors (Lipinski definition) is 6. The lowest BCUT2D eigenvalue weighted by Crippen LogP contribution is -2.12. The van der Waals surface area contributed by atoms with Crippen molar-refractivity contribution in [2.24, 2.45) is 5.84 Å². The molecule has 0 aliphatic rings. The molecule has 3 N–H and O–H groups in total. The van der Waals surface area contributed by atoms with E-state index in [1.807, 2.05) is 0 Å². The molecule has 1 aromatic heterocycles. The number of hydrazine groups is 1. The van der Waals surface area contributed by atoms with Crippen molar-refractivity contribution in [1.29, 1.82) is 0 Å². The third-order valence-electron chi connectivity index (χ3n) is 2.00. The summed E-state index contributed by atoms with van der Waals surface area (Å²) in [5.41, 5.74) is 2.44. The molecule has 0 saturated heterocycles. The van der Waals surface area contributed by atoms with Crippen LogP contribution >= 0.6 is 15.9 Å². The number of hydrogen-bond donors (Lipinski definition) is 2. The van der Waals surface area contributed by atoms with E-state index in [0.29, 0.717) is 29.4 Å². The fourth-order valence-electron chi connectivity index (χ4n) is 1.10. The molecule has 0 aliphatic carbocycles. The number of anilines is 1. The maximum Gasteiger partial charge on any atom is 0.233 e. The van der Waals surface area contributed by atoms with Crippen molar-refractivity contribution >= 4 is 21.7 Å². The van der Waals surface area contributed by atoms with Crippen molar-refractivity contribution in [3.05, 3.63) is 10.8 Å². The van der Waals surface area contributed by atoms with Gasteiger partial charge in [-0.15, -0.1) is 0 Å². The Hall–Kier alpha value is -0.920. The highest BCUT2D eigenvalue weighted by atomic mass is 79.9. The molecule has 7 heteroatoms. The number of nitrogens with two attached hydrogens (primary N) is 1. The van der Waals surface area contributed by atoms with Crippen LogP contribution in [0.5, 0.6) is 5.88 Å². The summed E-state index contributed by atoms with van der Waals surface area (Å²) in [5.74, 6) is 6.22. The van der Waals surface area contributed by atoms with Crippen LogP contribution in [0.1, 0.15) is 19.8 Å². The van der Waals surface area contributed by atoms with E-state index in [1.54, 1.807) is 0 Å². The van der Waals surface area contributed by atoms with E-state index in [4.69, 9.17) is 15.3 Å². The molecule has 0 aliphatic heterocycles. The summed E-state index contributed by atoms with van der Waals surface area (Å²) in [5, 5.41) is 0. The predicted molar refractivity (Wildman–Crippen MR) is 68.8 cm³/mol. The standard InChI is InChI=1S/C10H17BrN4O2/c1-2-3-4-16-5-6-17-10-8(11)9(15-12)13-7-14-10/h7H,2-6,12H2,1H3,(H,13,14,15). The van der Waals surface area contributed by atoms with Gasteiger partial charge in [-0.05, 0) is 22.4 Å². The maximum atomic E-state index is 5.44. The lowest BCUT2D eigenvalue weighted by molar-refractivity contribution is 0.0962. The third kappa shape index (κ3) is 4.84. The molecule has 1 aromatic rings. The van der Waals surface area contributed by atoms with Crippen LogP contribution in [-0.2, 0) is 4.74 Å². The number of nitrogen functional groups attached to an aromatic ring is 1. The zero-order chi connectivity index (χ0) is 12.5. The van der Waals surface area contributed by atoms with Crippen LogP contribution in [0.3, 0.4) is 0 Å². The largest absolute Gasteiger partial charge is 0.474 e. The summed E-state index contributed by atoms with van der Waals surface area (Å²) >= 11 is 3.30. The van der Waals surface area contributed by atoms with Crippen LogP contribution in [0, 0.1) is 0 Å². The van der Waals surface area contributed by atoms with Crippen molar-refractivity contribution in [2.45, 2.75) is 19.8 Å². The molecule has 0 radical (unpaired) electrons. The van der Waals surface area contributed by atoms with Crippen molar-refractivity contribution in [3.8, 4) is 5.88 Å². The molecule has 17 heavy (non-hydrogen) atoms. The summed E-state index contributed by atoms with van der Waals surface area (Å²) in [6, 6.07) is 0. The van der Waals surface area contributed by atoms with Crippen LogP contribution in [0.4, 0.5) is 5.82 Å². The summed E-state index contributed by atoms with van der Waals surface area (Å²) in [6.07, 6.45) is 3.58. The van der Waals surface area contributed by atoms with Gasteiger partial charge >= 0.3 is 0 Å². The molecule has 1 rings (SSSR count). The quantitative estimate of drug-likeness (QED) is 0.432. The molecule has 0 spiro atoms. The molecule has 1 heterocycles. The average molecular weight is 305 g/mol. The number of unbranched alkanes of at least 4 members (excludes halogenated alkanes) is 1. The minimum atomic E-state index is 0.448. The van der Waals surface area contributed by atoms with E-state index < -0.39 is 0 Å². The number of rotatable bonds is 8. The molecule has 0 fully saturated rings. The predicted octanol–water partition coefficient (Wildman–Crippen LogP) is 1.72. The van der Waals surface area contributed by atoms with E-state index >= 15 is 0 Å². The molecule has 96 valence electrons. The Morgan fingerprint density at radius 1 is 1.35 bits per heavy atom. The van der Waals surface area contributed by atoms with E-state index in [-0.39, 0.29) is 0 Å². The summed E-state index contributed by atoms with van der Waals surface area (Å²) in [6.45, 7) is 3.88. The lowest BCUT2D eigenvalue weighted by Gasteiger charge is -2.09. The Morgan fingerprint density at radius 3 is 2.88 bits per heavy atom. The number of nitrogens with one attached hydrogen (secondary N) is 1. The molecular formula is C10H17BrN4O2. The number of ether oxygens (including phenoxy) is 2. The Labute approximate surface area is 109 Å². The topological polar surface area (TPSA) is 82.3 Å². The van der Waals surface area contributed by atoms with Crippen molar-refractivity contribution in [2.75, 3.05) is 25.2 Å². The van der Waals surface area contributed by atoms with Crippen LogP contribution in [-0.4, -0.2) is 29.8 Å². The van der Waals surface area contributed by atoms with E-state index in [2.05, 4.69) is 38.2 Å². The second kappa shape index (κ2) is 8.21. The van der Waals surface area contributed by atoms with Gasteiger partial charge in [-0.3, -0.25) is 0 Å². The summed E-state index contributed by atoms with van der Waals surface area (Å²) in [7, 11) is 0. The van der Waals surface area contributed by atoms with Crippen molar-refractivity contribution < 1.29 is 9.47 Å². The van der Waals surface area contributed by atoms with Gasteiger partial charge in [0.2, 0.25) is 5.88 Å². The van der Waals surface area contributed by atoms with Gasteiger partial charge < -0.3 is 14.9 Å². The van der Waals surface area contributed by atoms with E-state index in [0.717, 1.165) is 19.4 Å². The maximum absolute atomic E-state index is 5.44. The second-order valence-corrected chi connectivity index (χ2v) is 4.09. The van der Waals surface area contributed by atoms with Gasteiger partial charge in [0.15, 0.2) is 5.82 Å². The van der Waals surface area contributed by atoms with E-state index in [1.165, 1.54) is 6.33 Å². The average Bonchev–Trinajstić information content (AvgIpc) is 2.35. The van der Waals surface area contributed by atoms with Crippen LogP contribution < -0.4 is 16.0 Å². The Bertz CT molecular complexity index is 338. The highest BCUT2D eigenvalue weighted by molar-refractivity contribution is 9.10. The Kier molecular flexibility index (Phi) is 6.83. The molecular weight excluding hydrogens is 288 g/mol. The van der Waals surface area contributed by atoms with E-state index in [9.17, 15) is 0 Å². The van der Waals surface area contributed by atoms with Gasteiger partial charge in [0.05, 0.1) is 6.61 Å². The molecule has 0 saturated carbocycles. The fourth-order valence-corrected chi connectivity index (χ4v) is 1.53. The molecule has 0 atom stereocenters. The Morgan fingerprint density at radius 2 is 2.18 bits per heavy atom. The Balaban J connectivity index is 2.31. The first-order chi connectivity index (χ1) is 8.29. The first-order valence-electron chi connectivity index (χ1n) is 5.47. The normalized spacial score (nSPS) is 10.3. The molecule has 0 bridgehead atoms. The summed E-state index contributed by atoms with van der Waals surface area (Å²) in [4.78, 5) is 7.91. The number of aromatic nitrogens is 2. The highest BCUT2D eigenvalue weighted by Crippen LogP contribution is 2.27. The van der Waals surface area contributed by atoms with Crippen LogP contribution in [0.25, 0.3) is 0 Å². The van der Waals surface area contributed by atoms with Gasteiger partial charge in [-0.1, -0.05) is 13.3 Å². The number of halogens is 1. The molecule has 0 aromatic carbocycles. The van der Waals surface area contributed by atoms with Crippen LogP contribution in [0.15, 0.2) is 10.8 Å². The SMILES string of the molecule is CCCCOCCOc1ncnc(NN)c1Br. The first-order valence-corrected chi connectivity index (χ1v) is 6.26. The third-order valence-corrected chi connectivity index (χ3v) is 2.72. The monoisotopic (exact) mass is 304 g/mol. The van der Waals surface area contributed by atoms with Gasteiger partial charge in [0.1, 0.15) is 17.4 Å². The zero-order valence-corrected chi connectivity index (χ0v) is 11.4. The van der Waals surface area contributed by atoms with Gasteiger partial charge in [0, 0.05) is 6.61 Å². The molecule has 0 amide bonds. The fraction of sp³-hybridized carbons (Fsp3) is 0.600. The zero-order valence-electron chi connectivity index (χ0n) is 9.78. The lowest BCUT2D eigenvalue weighted by atomic mass is 10.4. The minimum Gasteiger partial charge on any atom is -0.474 e. The van der Waals surface area contributed by atoms with Crippen molar-refractivity contribution in [3.63, 3.8) is 0 Å². The van der Waals surface area contributed by atoms with Gasteiger partial charge in [0.25, 0.3) is 0 Å². The first kappa shape index (κ1) is 14.1. The smallest absolute Gasteiger partial charge is 0.233 e. The van der Waals surface area contributed by atoms with Gasteiger partial charge in [-0.2, -0.15) is 0 Å². The molecule has 0 unspecified atom stereocenters. The van der Waals surface area contributed by atoms with Gasteiger partial charge in [-0.25, -0.2) is 15.8 Å². The van der Waals surface area contributed by atoms with Crippen molar-refractivity contribution in [1.82, 2.24) is 9.97 Å². The highest BCUT2D eigenvalue weighted by Gasteiger charge is 2.08. The second-order valence-electron chi connectivity index (χ2n) is 3.30. The number of nitrogens with zero attached hydrogens (tertiary/aromatic N) is 2.